The molecule has 1 saturated carbocycles. The average molecular weight is 328 g/mol. The van der Waals surface area contributed by atoms with Gasteiger partial charge in [0.15, 0.2) is 0 Å². The predicted octanol–water partition coefficient (Wildman–Crippen LogP) is 5.21. The summed E-state index contributed by atoms with van der Waals surface area (Å²) in [5.74, 6) is 0.639. The molecule has 1 fully saturated rings. The van der Waals surface area contributed by atoms with Gasteiger partial charge in [-0.15, -0.1) is 0 Å². The van der Waals surface area contributed by atoms with E-state index in [1.54, 1.807) is 6.07 Å². The van der Waals surface area contributed by atoms with E-state index in [0.29, 0.717) is 4.47 Å². The van der Waals surface area contributed by atoms with Crippen LogP contribution >= 0.6 is 15.9 Å². The van der Waals surface area contributed by atoms with Crippen LogP contribution in [0.3, 0.4) is 0 Å². The maximum absolute atomic E-state index is 14.2. The number of nitrogens with one attached hydrogen (secondary N) is 1. The van der Waals surface area contributed by atoms with Crippen molar-refractivity contribution >= 4 is 15.9 Å². The second-order valence-electron chi connectivity index (χ2n) is 5.49. The number of halogens is 2. The molecule has 0 aromatic heterocycles. The van der Waals surface area contributed by atoms with Gasteiger partial charge < -0.3 is 5.32 Å². The van der Waals surface area contributed by atoms with Crippen molar-refractivity contribution in [1.29, 1.82) is 0 Å². The van der Waals surface area contributed by atoms with Gasteiger partial charge in [-0.3, -0.25) is 0 Å². The first-order valence-electron chi connectivity index (χ1n) is 7.39. The van der Waals surface area contributed by atoms with Crippen molar-refractivity contribution in [2.75, 3.05) is 6.54 Å². The highest BCUT2D eigenvalue weighted by molar-refractivity contribution is 9.10. The van der Waals surface area contributed by atoms with Gasteiger partial charge in [0, 0.05) is 11.6 Å². The zero-order chi connectivity index (χ0) is 13.7. The third kappa shape index (κ3) is 4.03. The summed E-state index contributed by atoms with van der Waals surface area (Å²) < 4.78 is 14.8. The Morgan fingerprint density at radius 1 is 1.32 bits per heavy atom. The highest BCUT2D eigenvalue weighted by atomic mass is 79.9. The Labute approximate surface area is 124 Å². The van der Waals surface area contributed by atoms with Crippen LogP contribution in [0.5, 0.6) is 0 Å². The van der Waals surface area contributed by atoms with Gasteiger partial charge in [-0.1, -0.05) is 51.2 Å². The lowest BCUT2D eigenvalue weighted by Gasteiger charge is -2.27. The molecular formula is C16H23BrFN. The fraction of sp³-hybridized carbons (Fsp3) is 0.625. The van der Waals surface area contributed by atoms with E-state index in [9.17, 15) is 4.39 Å². The third-order valence-electron chi connectivity index (χ3n) is 4.10. The zero-order valence-corrected chi connectivity index (χ0v) is 13.2. The van der Waals surface area contributed by atoms with Gasteiger partial charge in [-0.05, 0) is 40.9 Å². The normalized spacial score (nSPS) is 18.5. The van der Waals surface area contributed by atoms with Crippen molar-refractivity contribution in [3.05, 3.63) is 34.1 Å². The summed E-state index contributed by atoms with van der Waals surface area (Å²) >= 11 is 3.29. The Kier molecular flexibility index (Phi) is 5.83. The second kappa shape index (κ2) is 7.39. The van der Waals surface area contributed by atoms with Crippen LogP contribution in [-0.4, -0.2) is 6.54 Å². The number of benzene rings is 1. The average Bonchev–Trinajstić information content (AvgIpc) is 2.43. The Bertz CT molecular complexity index is 402. The molecule has 0 saturated heterocycles. The lowest BCUT2D eigenvalue weighted by atomic mass is 9.83. The number of rotatable bonds is 5. The molecule has 0 bridgehead atoms. The van der Waals surface area contributed by atoms with Crippen molar-refractivity contribution in [1.82, 2.24) is 5.32 Å². The first-order chi connectivity index (χ1) is 9.22. The molecule has 106 valence electrons. The van der Waals surface area contributed by atoms with Crippen molar-refractivity contribution < 1.29 is 4.39 Å². The van der Waals surface area contributed by atoms with E-state index in [4.69, 9.17) is 0 Å². The lowest BCUT2D eigenvalue weighted by Crippen LogP contribution is -2.25. The van der Waals surface area contributed by atoms with E-state index in [1.165, 1.54) is 32.1 Å². The molecule has 0 aliphatic heterocycles. The fourth-order valence-electron chi connectivity index (χ4n) is 3.11. The van der Waals surface area contributed by atoms with E-state index >= 15 is 0 Å². The molecule has 1 N–H and O–H groups in total. The molecule has 1 aliphatic rings. The van der Waals surface area contributed by atoms with Gasteiger partial charge in [0.1, 0.15) is 5.82 Å². The first kappa shape index (κ1) is 15.0. The minimum atomic E-state index is -0.107. The van der Waals surface area contributed by atoms with Crippen LogP contribution in [0.1, 0.15) is 57.1 Å². The molecule has 0 spiro atoms. The maximum atomic E-state index is 14.2. The molecule has 0 amide bonds. The Morgan fingerprint density at radius 2 is 2.05 bits per heavy atom. The Balaban J connectivity index is 2.11. The number of hydrogen-bond acceptors (Lipinski definition) is 1. The van der Waals surface area contributed by atoms with Crippen LogP contribution in [0.25, 0.3) is 0 Å². The topological polar surface area (TPSA) is 12.0 Å². The monoisotopic (exact) mass is 327 g/mol. The summed E-state index contributed by atoms with van der Waals surface area (Å²) in [5, 5.41) is 3.45. The molecule has 1 aromatic rings. The predicted molar refractivity (Wildman–Crippen MR) is 81.7 cm³/mol. The van der Waals surface area contributed by atoms with E-state index in [-0.39, 0.29) is 11.9 Å². The summed E-state index contributed by atoms with van der Waals surface area (Å²) in [6, 6.07) is 5.75. The van der Waals surface area contributed by atoms with Crippen LogP contribution in [-0.2, 0) is 0 Å². The molecule has 2 rings (SSSR count). The zero-order valence-electron chi connectivity index (χ0n) is 11.6. The minimum Gasteiger partial charge on any atom is -0.310 e. The van der Waals surface area contributed by atoms with Crippen molar-refractivity contribution in [3.8, 4) is 0 Å². The van der Waals surface area contributed by atoms with Gasteiger partial charge in [-0.2, -0.15) is 0 Å². The van der Waals surface area contributed by atoms with Crippen LogP contribution < -0.4 is 5.32 Å². The molecule has 19 heavy (non-hydrogen) atoms. The quantitative estimate of drug-likeness (QED) is 0.782. The Hall–Kier alpha value is -0.410. The van der Waals surface area contributed by atoms with Crippen molar-refractivity contribution in [2.45, 2.75) is 51.5 Å². The van der Waals surface area contributed by atoms with Gasteiger partial charge >= 0.3 is 0 Å². The first-order valence-corrected chi connectivity index (χ1v) is 8.19. The van der Waals surface area contributed by atoms with Gasteiger partial charge in [0.05, 0.1) is 4.47 Å². The molecule has 1 nitrogen and oxygen atoms in total. The molecular weight excluding hydrogens is 305 g/mol. The summed E-state index contributed by atoms with van der Waals surface area (Å²) in [5.41, 5.74) is 0.807. The molecule has 0 heterocycles. The molecule has 1 aliphatic carbocycles. The van der Waals surface area contributed by atoms with E-state index in [0.717, 1.165) is 24.4 Å². The minimum absolute atomic E-state index is 0.107. The largest absolute Gasteiger partial charge is 0.310 e. The lowest BCUT2D eigenvalue weighted by molar-refractivity contribution is 0.298. The van der Waals surface area contributed by atoms with E-state index in [2.05, 4.69) is 28.2 Å². The SMILES string of the molecule is CCNC(CC1CCCCC1)c1cccc(Br)c1F. The summed E-state index contributed by atoms with van der Waals surface area (Å²) in [6.07, 6.45) is 7.71. The van der Waals surface area contributed by atoms with Crippen LogP contribution in [0.2, 0.25) is 0 Å². The van der Waals surface area contributed by atoms with Crippen LogP contribution in [0.15, 0.2) is 22.7 Å². The highest BCUT2D eigenvalue weighted by Crippen LogP contribution is 2.33. The molecule has 1 unspecified atom stereocenters. The summed E-state index contributed by atoms with van der Waals surface area (Å²) in [4.78, 5) is 0. The van der Waals surface area contributed by atoms with Crippen LogP contribution in [0, 0.1) is 11.7 Å². The molecule has 1 aromatic carbocycles. The second-order valence-corrected chi connectivity index (χ2v) is 6.35. The summed E-state index contributed by atoms with van der Waals surface area (Å²) in [6.45, 7) is 2.97. The molecule has 3 heteroatoms. The maximum Gasteiger partial charge on any atom is 0.142 e. The molecule has 0 radical (unpaired) electrons. The standard InChI is InChI=1S/C16H23BrFN/c1-2-19-15(11-12-7-4-3-5-8-12)13-9-6-10-14(17)16(13)18/h6,9-10,12,15,19H,2-5,7-8,11H2,1H3. The van der Waals surface area contributed by atoms with Crippen molar-refractivity contribution in [3.63, 3.8) is 0 Å². The van der Waals surface area contributed by atoms with E-state index < -0.39 is 0 Å². The van der Waals surface area contributed by atoms with E-state index in [1.807, 2.05) is 12.1 Å². The van der Waals surface area contributed by atoms with Crippen LogP contribution in [0.4, 0.5) is 4.39 Å². The summed E-state index contributed by atoms with van der Waals surface area (Å²) in [7, 11) is 0. The van der Waals surface area contributed by atoms with Gasteiger partial charge in [0.2, 0.25) is 0 Å². The number of hydrogen-bond donors (Lipinski definition) is 1. The smallest absolute Gasteiger partial charge is 0.142 e. The Morgan fingerprint density at radius 3 is 2.74 bits per heavy atom. The van der Waals surface area contributed by atoms with Gasteiger partial charge in [0.25, 0.3) is 0 Å². The fourth-order valence-corrected chi connectivity index (χ4v) is 3.49. The van der Waals surface area contributed by atoms with Gasteiger partial charge in [-0.25, -0.2) is 4.39 Å². The van der Waals surface area contributed by atoms with Crippen molar-refractivity contribution in [2.24, 2.45) is 5.92 Å². The highest BCUT2D eigenvalue weighted by Gasteiger charge is 2.22. The third-order valence-corrected chi connectivity index (χ3v) is 4.71. The molecule has 1 atom stereocenters.